The van der Waals surface area contributed by atoms with Crippen molar-refractivity contribution in [1.29, 1.82) is 0 Å². The van der Waals surface area contributed by atoms with Gasteiger partial charge in [-0.15, -0.1) is 0 Å². The summed E-state index contributed by atoms with van der Waals surface area (Å²) in [5.41, 5.74) is 0. The van der Waals surface area contributed by atoms with E-state index in [1.165, 1.54) is 180 Å². The van der Waals surface area contributed by atoms with Crippen molar-refractivity contribution in [3.63, 3.8) is 0 Å². The van der Waals surface area contributed by atoms with E-state index in [0.717, 1.165) is 0 Å². The summed E-state index contributed by atoms with van der Waals surface area (Å²) >= 11 is 0. The van der Waals surface area contributed by atoms with Crippen LogP contribution in [0.4, 0.5) is 0 Å². The Morgan fingerprint density at radius 2 is 0.861 bits per heavy atom. The highest BCUT2D eigenvalue weighted by molar-refractivity contribution is 4.84. The molecule has 0 saturated carbocycles. The Kier molecular flexibility index (Phi) is 23.9. The largest absolute Gasteiger partial charge is 0.256 e. The predicted molar refractivity (Wildman–Crippen MR) is 161 cm³/mol. The van der Waals surface area contributed by atoms with E-state index >= 15 is 0 Å². The van der Waals surface area contributed by atoms with Gasteiger partial charge in [0.1, 0.15) is 12.4 Å². The fourth-order valence-electron chi connectivity index (χ4n) is 5.62. The molecule has 0 unspecified atom stereocenters. The number of aryl methyl sites for hydroxylation is 2. The number of nitrogens with zero attached hydrogens (tertiary/aromatic N) is 2. The van der Waals surface area contributed by atoms with Crippen LogP contribution >= 0.6 is 0 Å². The Labute approximate surface area is 228 Å². The Morgan fingerprint density at radius 1 is 0.472 bits per heavy atom. The fourth-order valence-corrected chi connectivity index (χ4v) is 5.62. The van der Waals surface area contributed by atoms with Gasteiger partial charge < -0.3 is 0 Å². The Balaban J connectivity index is 2.18. The van der Waals surface area contributed by atoms with Crippen molar-refractivity contribution >= 4 is 0 Å². The molecule has 2 heteroatoms. The minimum Gasteiger partial charge on any atom is -0.234 e. The van der Waals surface area contributed by atoms with E-state index in [4.69, 9.17) is 0 Å². The van der Waals surface area contributed by atoms with Crippen molar-refractivity contribution in [1.82, 2.24) is 4.57 Å². The summed E-state index contributed by atoms with van der Waals surface area (Å²) in [6, 6.07) is 0. The van der Waals surface area contributed by atoms with Crippen LogP contribution in [0.5, 0.6) is 0 Å². The molecule has 2 nitrogen and oxygen atoms in total. The zero-order valence-corrected chi connectivity index (χ0v) is 25.3. The van der Waals surface area contributed by atoms with Gasteiger partial charge in [0.15, 0.2) is 0 Å². The highest BCUT2D eigenvalue weighted by Crippen LogP contribution is 2.14. The van der Waals surface area contributed by atoms with E-state index < -0.39 is 0 Å². The zero-order chi connectivity index (χ0) is 25.9. The highest BCUT2D eigenvalue weighted by Gasteiger charge is 2.16. The second-order valence-corrected chi connectivity index (χ2v) is 11.6. The first-order valence-corrected chi connectivity index (χ1v) is 16.9. The molecule has 36 heavy (non-hydrogen) atoms. The second kappa shape index (κ2) is 25.8. The monoisotopic (exact) mass is 504 g/mol. The molecule has 0 bridgehead atoms. The molecular formula is C34H67N2+. The van der Waals surface area contributed by atoms with Crippen molar-refractivity contribution in [2.45, 2.75) is 201 Å². The predicted octanol–water partition coefficient (Wildman–Crippen LogP) is 11.1. The molecule has 0 aliphatic rings. The van der Waals surface area contributed by atoms with Gasteiger partial charge in [0.05, 0.1) is 13.1 Å². The maximum Gasteiger partial charge on any atom is 0.256 e. The molecule has 1 heterocycles. The molecule has 1 aromatic rings. The van der Waals surface area contributed by atoms with Crippen LogP contribution in [-0.2, 0) is 19.5 Å². The minimum absolute atomic E-state index is 1.23. The summed E-state index contributed by atoms with van der Waals surface area (Å²) in [5.74, 6) is 1.60. The van der Waals surface area contributed by atoms with E-state index in [9.17, 15) is 0 Å². The molecule has 0 aliphatic heterocycles. The summed E-state index contributed by atoms with van der Waals surface area (Å²) in [4.78, 5) is 0. The summed E-state index contributed by atoms with van der Waals surface area (Å²) in [6.07, 6.45) is 41.5. The van der Waals surface area contributed by atoms with Crippen molar-refractivity contribution in [3.05, 3.63) is 18.2 Å². The number of hydrogen-bond donors (Lipinski definition) is 0. The van der Waals surface area contributed by atoms with Gasteiger partial charge in [-0.05, 0) is 32.1 Å². The van der Waals surface area contributed by atoms with Gasteiger partial charge >= 0.3 is 0 Å². The fraction of sp³-hybridized carbons (Fsp3) is 0.912. The first-order valence-electron chi connectivity index (χ1n) is 16.9. The summed E-state index contributed by atoms with van der Waals surface area (Å²) in [7, 11) is 0. The maximum atomic E-state index is 2.60. The lowest BCUT2D eigenvalue weighted by Gasteiger charge is -2.07. The Hall–Kier alpha value is -0.790. The van der Waals surface area contributed by atoms with Crippen LogP contribution in [0, 0.1) is 0 Å². The van der Waals surface area contributed by atoms with Crippen LogP contribution in [0.3, 0.4) is 0 Å². The van der Waals surface area contributed by atoms with E-state index in [-0.39, 0.29) is 0 Å². The van der Waals surface area contributed by atoms with Gasteiger partial charge in [-0.2, -0.15) is 0 Å². The molecule has 0 aromatic carbocycles. The van der Waals surface area contributed by atoms with Crippen LogP contribution < -0.4 is 4.57 Å². The van der Waals surface area contributed by atoms with Crippen molar-refractivity contribution in [2.24, 2.45) is 0 Å². The quantitative estimate of drug-likeness (QED) is 0.0794. The third-order valence-corrected chi connectivity index (χ3v) is 8.10. The lowest BCUT2D eigenvalue weighted by molar-refractivity contribution is -0.704. The average molecular weight is 504 g/mol. The zero-order valence-electron chi connectivity index (χ0n) is 25.3. The molecule has 0 spiro atoms. The number of aromatic nitrogens is 2. The molecule has 0 radical (unpaired) electrons. The van der Waals surface area contributed by atoms with Crippen LogP contribution in [0.2, 0.25) is 0 Å². The third kappa shape index (κ3) is 18.5. The maximum absolute atomic E-state index is 2.60. The number of unbranched alkanes of at least 4 members (excludes halogenated alkanes) is 22. The number of imidazole rings is 1. The van der Waals surface area contributed by atoms with E-state index in [1.807, 2.05) is 0 Å². The summed E-state index contributed by atoms with van der Waals surface area (Å²) in [5, 5.41) is 0. The molecule has 1 aromatic heterocycles. The van der Waals surface area contributed by atoms with Gasteiger partial charge in [-0.1, -0.05) is 149 Å². The first-order chi connectivity index (χ1) is 17.8. The molecule has 0 amide bonds. The standard InChI is InChI=1S/C34H67N2/c1-4-7-10-12-14-16-17-18-19-21-23-25-28-31-36-33-32-35(34(36)29-26-9-6-3)30-27-24-22-20-15-13-11-8-5-2/h32-33H,4-31H2,1-3H3/q+1. The lowest BCUT2D eigenvalue weighted by Crippen LogP contribution is -2.37. The van der Waals surface area contributed by atoms with E-state index in [0.29, 0.717) is 0 Å². The molecule has 1 rings (SSSR count). The van der Waals surface area contributed by atoms with Gasteiger partial charge in [0.25, 0.3) is 5.82 Å². The molecule has 0 saturated heterocycles. The smallest absolute Gasteiger partial charge is 0.234 e. The number of hydrogen-bond acceptors (Lipinski definition) is 0. The Morgan fingerprint density at radius 3 is 1.33 bits per heavy atom. The molecular weight excluding hydrogens is 436 g/mol. The van der Waals surface area contributed by atoms with Crippen LogP contribution in [0.25, 0.3) is 0 Å². The molecule has 0 N–H and O–H groups in total. The normalized spacial score (nSPS) is 11.5. The van der Waals surface area contributed by atoms with Crippen molar-refractivity contribution in [3.8, 4) is 0 Å². The lowest BCUT2D eigenvalue weighted by atomic mass is 10.0. The highest BCUT2D eigenvalue weighted by atomic mass is 15.1. The second-order valence-electron chi connectivity index (χ2n) is 11.6. The minimum atomic E-state index is 1.23. The topological polar surface area (TPSA) is 8.81 Å². The molecule has 212 valence electrons. The van der Waals surface area contributed by atoms with Crippen molar-refractivity contribution in [2.75, 3.05) is 0 Å². The van der Waals surface area contributed by atoms with Crippen molar-refractivity contribution < 1.29 is 4.57 Å². The van der Waals surface area contributed by atoms with Crippen LogP contribution in [-0.4, -0.2) is 4.57 Å². The van der Waals surface area contributed by atoms with Crippen LogP contribution in [0.15, 0.2) is 12.4 Å². The van der Waals surface area contributed by atoms with E-state index in [2.05, 4.69) is 42.3 Å². The van der Waals surface area contributed by atoms with Gasteiger partial charge in [-0.3, -0.25) is 0 Å². The average Bonchev–Trinajstić information content (AvgIpc) is 3.27. The summed E-state index contributed by atoms with van der Waals surface area (Å²) < 4.78 is 5.20. The summed E-state index contributed by atoms with van der Waals surface area (Å²) in [6.45, 7) is 9.39. The van der Waals surface area contributed by atoms with E-state index in [1.54, 1.807) is 5.82 Å². The Bertz CT molecular complexity index is 562. The molecule has 0 fully saturated rings. The first kappa shape index (κ1) is 33.2. The molecule has 0 aliphatic carbocycles. The third-order valence-electron chi connectivity index (χ3n) is 8.10. The van der Waals surface area contributed by atoms with Gasteiger partial charge in [0.2, 0.25) is 0 Å². The van der Waals surface area contributed by atoms with Crippen LogP contribution in [0.1, 0.15) is 187 Å². The molecule has 0 atom stereocenters. The SMILES string of the molecule is CCCCCCCCCCCCCCCn1cc[n+](CCCCCCCCCCC)c1CCCCC. The number of rotatable bonds is 28. The van der Waals surface area contributed by atoms with Gasteiger partial charge in [0, 0.05) is 6.42 Å². The van der Waals surface area contributed by atoms with Gasteiger partial charge in [-0.25, -0.2) is 9.13 Å².